The summed E-state index contributed by atoms with van der Waals surface area (Å²) in [6.45, 7) is 1.37. The maximum Gasteiger partial charge on any atom is 0.416 e. The summed E-state index contributed by atoms with van der Waals surface area (Å²) in [6.07, 6.45) is -3.21. The highest BCUT2D eigenvalue weighted by Gasteiger charge is 2.32. The van der Waals surface area contributed by atoms with Gasteiger partial charge in [0, 0.05) is 6.20 Å². The first-order valence-corrected chi connectivity index (χ1v) is 4.08. The molecule has 6 heteroatoms. The summed E-state index contributed by atoms with van der Waals surface area (Å²) in [4.78, 5) is 3.74. The lowest BCUT2D eigenvalue weighted by Crippen LogP contribution is -2.09. The number of hydrogen-bond donors (Lipinski definition) is 0. The van der Waals surface area contributed by atoms with Gasteiger partial charge in [0.15, 0.2) is 0 Å². The highest BCUT2D eigenvalue weighted by atomic mass is 35.5. The maximum absolute atomic E-state index is 12.3. The van der Waals surface area contributed by atoms with Crippen LogP contribution >= 0.6 is 24.0 Å². The molecule has 1 aromatic heterocycles. The molecule has 1 heterocycles. The van der Waals surface area contributed by atoms with Crippen LogP contribution < -0.4 is 0 Å². The fraction of sp³-hybridized carbons (Fsp3) is 0.375. The van der Waals surface area contributed by atoms with E-state index in [1.807, 2.05) is 0 Å². The maximum atomic E-state index is 12.3. The summed E-state index contributed by atoms with van der Waals surface area (Å²) < 4.78 is 36.9. The van der Waals surface area contributed by atoms with E-state index in [1.54, 1.807) is 0 Å². The summed E-state index contributed by atoms with van der Waals surface area (Å²) >= 11 is 5.42. The van der Waals surface area contributed by atoms with Gasteiger partial charge in [0.1, 0.15) is 0 Å². The molecular weight excluding hydrogens is 238 g/mol. The van der Waals surface area contributed by atoms with E-state index in [0.29, 0.717) is 0 Å². The largest absolute Gasteiger partial charge is 0.416 e. The van der Waals surface area contributed by atoms with Gasteiger partial charge in [-0.3, -0.25) is 4.98 Å². The van der Waals surface area contributed by atoms with Crippen molar-refractivity contribution in [1.29, 1.82) is 0 Å². The van der Waals surface area contributed by atoms with E-state index >= 15 is 0 Å². The second kappa shape index (κ2) is 4.84. The zero-order valence-corrected chi connectivity index (χ0v) is 8.80. The van der Waals surface area contributed by atoms with Crippen LogP contribution in [0.15, 0.2) is 12.3 Å². The molecule has 0 saturated carbocycles. The van der Waals surface area contributed by atoms with Gasteiger partial charge >= 0.3 is 6.18 Å². The summed E-state index contributed by atoms with van der Waals surface area (Å²) in [5, 5.41) is 0. The van der Waals surface area contributed by atoms with Crippen molar-refractivity contribution in [2.45, 2.75) is 19.0 Å². The van der Waals surface area contributed by atoms with Gasteiger partial charge in [0.25, 0.3) is 0 Å². The number of alkyl halides is 4. The lowest BCUT2D eigenvalue weighted by Gasteiger charge is -2.11. The first-order valence-electron chi connectivity index (χ1n) is 3.54. The topological polar surface area (TPSA) is 12.9 Å². The molecule has 0 aromatic carbocycles. The van der Waals surface area contributed by atoms with Crippen LogP contribution in [0.4, 0.5) is 13.2 Å². The van der Waals surface area contributed by atoms with Gasteiger partial charge in [0.2, 0.25) is 0 Å². The van der Waals surface area contributed by atoms with Crippen LogP contribution in [0.5, 0.6) is 0 Å². The van der Waals surface area contributed by atoms with E-state index in [-0.39, 0.29) is 29.5 Å². The molecule has 1 aromatic rings. The molecule has 0 unspecified atom stereocenters. The van der Waals surface area contributed by atoms with E-state index < -0.39 is 11.7 Å². The average molecular weight is 246 g/mol. The molecule has 0 fully saturated rings. The molecule has 0 N–H and O–H groups in total. The minimum atomic E-state index is -4.33. The van der Waals surface area contributed by atoms with Crippen molar-refractivity contribution in [3.63, 3.8) is 0 Å². The molecule has 0 bridgehead atoms. The third-order valence-electron chi connectivity index (χ3n) is 1.74. The van der Waals surface area contributed by atoms with E-state index in [1.165, 1.54) is 6.92 Å². The first-order chi connectivity index (χ1) is 5.96. The summed E-state index contributed by atoms with van der Waals surface area (Å²) in [7, 11) is 0. The van der Waals surface area contributed by atoms with Gasteiger partial charge in [-0.25, -0.2) is 0 Å². The fourth-order valence-corrected chi connectivity index (χ4v) is 1.29. The first kappa shape index (κ1) is 13.5. The Morgan fingerprint density at radius 1 is 1.43 bits per heavy atom. The Bertz CT molecular complexity index is 312. The fourth-order valence-electron chi connectivity index (χ4n) is 1.02. The van der Waals surface area contributed by atoms with Crippen LogP contribution in [0.3, 0.4) is 0 Å². The van der Waals surface area contributed by atoms with Crippen LogP contribution in [-0.4, -0.2) is 4.98 Å². The molecule has 0 amide bonds. The Morgan fingerprint density at radius 3 is 2.43 bits per heavy atom. The third-order valence-corrected chi connectivity index (χ3v) is 1.99. The van der Waals surface area contributed by atoms with Crippen molar-refractivity contribution < 1.29 is 13.2 Å². The van der Waals surface area contributed by atoms with Gasteiger partial charge in [0.05, 0.1) is 17.1 Å². The molecule has 0 atom stereocenters. The van der Waals surface area contributed by atoms with Crippen LogP contribution in [0, 0.1) is 6.92 Å². The predicted molar refractivity (Wildman–Crippen MR) is 50.8 cm³/mol. The van der Waals surface area contributed by atoms with Crippen LogP contribution in [0.1, 0.15) is 16.8 Å². The monoisotopic (exact) mass is 245 g/mol. The van der Waals surface area contributed by atoms with Gasteiger partial charge in [-0.1, -0.05) is 0 Å². The Balaban J connectivity index is 0.00000169. The number of rotatable bonds is 1. The quantitative estimate of drug-likeness (QED) is 0.690. The van der Waals surface area contributed by atoms with Crippen LogP contribution in [0.25, 0.3) is 0 Å². The SMILES string of the molecule is Cc1c(C(F)(F)F)ccnc1CCl.Cl. The molecule has 0 aliphatic heterocycles. The smallest absolute Gasteiger partial charge is 0.260 e. The molecule has 0 radical (unpaired) electrons. The summed E-state index contributed by atoms with van der Waals surface area (Å²) in [5.74, 6) is -0.00421. The number of pyridine rings is 1. The van der Waals surface area contributed by atoms with Crippen molar-refractivity contribution in [1.82, 2.24) is 4.98 Å². The zero-order chi connectivity index (χ0) is 10.1. The lowest BCUT2D eigenvalue weighted by atomic mass is 10.1. The van der Waals surface area contributed by atoms with Crippen LogP contribution in [-0.2, 0) is 12.1 Å². The Hall–Kier alpha value is -0.480. The van der Waals surface area contributed by atoms with Crippen molar-refractivity contribution >= 4 is 24.0 Å². The number of nitrogens with zero attached hydrogens (tertiary/aromatic N) is 1. The van der Waals surface area contributed by atoms with E-state index in [0.717, 1.165) is 12.3 Å². The molecule has 0 saturated heterocycles. The van der Waals surface area contributed by atoms with Gasteiger partial charge in [-0.15, -0.1) is 24.0 Å². The number of hydrogen-bond acceptors (Lipinski definition) is 1. The summed E-state index contributed by atoms with van der Waals surface area (Å²) in [6, 6.07) is 0.950. The predicted octanol–water partition coefficient (Wildman–Crippen LogP) is 3.57. The highest BCUT2D eigenvalue weighted by Crippen LogP contribution is 2.32. The summed E-state index contributed by atoms with van der Waals surface area (Å²) in [5.41, 5.74) is -0.292. The minimum Gasteiger partial charge on any atom is -0.260 e. The zero-order valence-electron chi connectivity index (χ0n) is 7.23. The normalized spacial score (nSPS) is 10.9. The number of aromatic nitrogens is 1. The van der Waals surface area contributed by atoms with Crippen molar-refractivity contribution in [2.24, 2.45) is 0 Å². The highest BCUT2D eigenvalue weighted by molar-refractivity contribution is 6.17. The standard InChI is InChI=1S/C8H7ClF3N.ClH/c1-5-6(8(10,11)12)2-3-13-7(5)4-9;/h2-3H,4H2,1H3;1H. The third kappa shape index (κ3) is 2.75. The van der Waals surface area contributed by atoms with Crippen molar-refractivity contribution in [2.75, 3.05) is 0 Å². The van der Waals surface area contributed by atoms with E-state index in [2.05, 4.69) is 4.98 Å². The molecule has 0 aliphatic carbocycles. The number of halogens is 5. The van der Waals surface area contributed by atoms with Crippen LogP contribution in [0.2, 0.25) is 0 Å². The molecule has 1 nitrogen and oxygen atoms in total. The van der Waals surface area contributed by atoms with E-state index in [4.69, 9.17) is 11.6 Å². The molecule has 80 valence electrons. The second-order valence-electron chi connectivity index (χ2n) is 2.56. The Labute approximate surface area is 90.7 Å². The molecule has 0 spiro atoms. The van der Waals surface area contributed by atoms with Crippen molar-refractivity contribution in [3.05, 3.63) is 29.1 Å². The minimum absolute atomic E-state index is 0. The Kier molecular flexibility index (Phi) is 4.68. The molecule has 14 heavy (non-hydrogen) atoms. The van der Waals surface area contributed by atoms with E-state index in [9.17, 15) is 13.2 Å². The van der Waals surface area contributed by atoms with Gasteiger partial charge < -0.3 is 0 Å². The second-order valence-corrected chi connectivity index (χ2v) is 2.83. The molecular formula is C8H8Cl2F3N. The molecule has 1 rings (SSSR count). The van der Waals surface area contributed by atoms with Gasteiger partial charge in [-0.05, 0) is 18.6 Å². The van der Waals surface area contributed by atoms with Crippen molar-refractivity contribution in [3.8, 4) is 0 Å². The Morgan fingerprint density at radius 2 is 2.00 bits per heavy atom. The van der Waals surface area contributed by atoms with Gasteiger partial charge in [-0.2, -0.15) is 13.2 Å². The lowest BCUT2D eigenvalue weighted by molar-refractivity contribution is -0.138. The molecule has 0 aliphatic rings. The average Bonchev–Trinajstić information content (AvgIpc) is 2.02.